The fraction of sp³-hybridized carbons (Fsp3) is 0.500. The SMILES string of the molecule is CCCCCCC(=O)Nc1ccc(C)c(Cl)c1. The quantitative estimate of drug-likeness (QED) is 0.740. The molecule has 1 amide bonds. The van der Waals surface area contributed by atoms with E-state index in [0.29, 0.717) is 11.4 Å². The first kappa shape index (κ1) is 14.0. The molecule has 0 spiro atoms. The first-order valence-electron chi connectivity index (χ1n) is 6.19. The monoisotopic (exact) mass is 253 g/mol. The van der Waals surface area contributed by atoms with Gasteiger partial charge < -0.3 is 5.32 Å². The van der Waals surface area contributed by atoms with Crippen molar-refractivity contribution in [2.75, 3.05) is 5.32 Å². The van der Waals surface area contributed by atoms with Crippen LogP contribution in [0.5, 0.6) is 0 Å². The highest BCUT2D eigenvalue weighted by Gasteiger charge is 2.03. The average Bonchev–Trinajstić information content (AvgIpc) is 2.30. The van der Waals surface area contributed by atoms with E-state index in [1.165, 1.54) is 12.8 Å². The van der Waals surface area contributed by atoms with Gasteiger partial charge in [-0.3, -0.25) is 4.79 Å². The number of rotatable bonds is 6. The second kappa shape index (κ2) is 7.33. The zero-order chi connectivity index (χ0) is 12.7. The lowest BCUT2D eigenvalue weighted by Gasteiger charge is -2.06. The van der Waals surface area contributed by atoms with Gasteiger partial charge in [0.2, 0.25) is 5.91 Å². The van der Waals surface area contributed by atoms with Crippen LogP contribution in [0.15, 0.2) is 18.2 Å². The summed E-state index contributed by atoms with van der Waals surface area (Å²) in [5.74, 6) is 0.0704. The molecule has 0 heterocycles. The Morgan fingerprint density at radius 1 is 1.29 bits per heavy atom. The number of aryl methyl sites for hydroxylation is 1. The third-order valence-electron chi connectivity index (χ3n) is 2.71. The third-order valence-corrected chi connectivity index (χ3v) is 3.12. The van der Waals surface area contributed by atoms with Crippen LogP contribution in [0.2, 0.25) is 5.02 Å². The maximum Gasteiger partial charge on any atom is 0.224 e. The van der Waals surface area contributed by atoms with Gasteiger partial charge in [0.25, 0.3) is 0 Å². The maximum absolute atomic E-state index is 11.6. The molecule has 2 nitrogen and oxygen atoms in total. The minimum absolute atomic E-state index is 0.0704. The fourth-order valence-corrected chi connectivity index (χ4v) is 1.79. The molecule has 0 saturated heterocycles. The minimum Gasteiger partial charge on any atom is -0.326 e. The molecule has 0 aliphatic rings. The minimum atomic E-state index is 0.0704. The molecule has 0 fully saturated rings. The smallest absolute Gasteiger partial charge is 0.224 e. The van der Waals surface area contributed by atoms with Crippen LogP contribution < -0.4 is 5.32 Å². The Morgan fingerprint density at radius 3 is 2.71 bits per heavy atom. The Morgan fingerprint density at radius 2 is 2.06 bits per heavy atom. The molecule has 94 valence electrons. The van der Waals surface area contributed by atoms with E-state index in [0.717, 1.165) is 24.1 Å². The molecular weight excluding hydrogens is 234 g/mol. The van der Waals surface area contributed by atoms with Crippen molar-refractivity contribution in [2.45, 2.75) is 46.0 Å². The van der Waals surface area contributed by atoms with E-state index in [2.05, 4.69) is 12.2 Å². The van der Waals surface area contributed by atoms with Crippen molar-refractivity contribution in [3.63, 3.8) is 0 Å². The molecule has 0 aliphatic heterocycles. The molecule has 0 bridgehead atoms. The first-order valence-corrected chi connectivity index (χ1v) is 6.57. The molecule has 1 aromatic carbocycles. The lowest BCUT2D eigenvalue weighted by Crippen LogP contribution is -2.11. The molecule has 0 aromatic heterocycles. The molecule has 0 aliphatic carbocycles. The van der Waals surface area contributed by atoms with Crippen LogP contribution in [0, 0.1) is 6.92 Å². The summed E-state index contributed by atoms with van der Waals surface area (Å²) < 4.78 is 0. The maximum atomic E-state index is 11.6. The van der Waals surface area contributed by atoms with Crippen LogP contribution in [0.3, 0.4) is 0 Å². The number of carbonyl (C=O) groups excluding carboxylic acids is 1. The van der Waals surface area contributed by atoms with Crippen LogP contribution >= 0.6 is 11.6 Å². The van der Waals surface area contributed by atoms with Gasteiger partial charge >= 0.3 is 0 Å². The van der Waals surface area contributed by atoms with Crippen LogP contribution in [-0.2, 0) is 4.79 Å². The Balaban J connectivity index is 2.37. The molecule has 1 N–H and O–H groups in total. The van der Waals surface area contributed by atoms with Crippen molar-refractivity contribution in [1.29, 1.82) is 0 Å². The molecule has 17 heavy (non-hydrogen) atoms. The highest BCUT2D eigenvalue weighted by molar-refractivity contribution is 6.31. The van der Waals surface area contributed by atoms with Gasteiger partial charge in [0.05, 0.1) is 0 Å². The molecule has 1 rings (SSSR count). The highest BCUT2D eigenvalue weighted by Crippen LogP contribution is 2.20. The summed E-state index contributed by atoms with van der Waals surface area (Å²) in [5.41, 5.74) is 1.80. The second-order valence-electron chi connectivity index (χ2n) is 4.32. The van der Waals surface area contributed by atoms with Gasteiger partial charge in [0.1, 0.15) is 0 Å². The summed E-state index contributed by atoms with van der Waals surface area (Å²) in [5, 5.41) is 3.55. The van der Waals surface area contributed by atoms with Gasteiger partial charge in [-0.25, -0.2) is 0 Å². The highest BCUT2D eigenvalue weighted by atomic mass is 35.5. The summed E-state index contributed by atoms with van der Waals surface area (Å²) in [6.45, 7) is 4.10. The summed E-state index contributed by atoms with van der Waals surface area (Å²) in [6.07, 6.45) is 5.06. The lowest BCUT2D eigenvalue weighted by molar-refractivity contribution is -0.116. The topological polar surface area (TPSA) is 29.1 Å². The number of hydrogen-bond donors (Lipinski definition) is 1. The van der Waals surface area contributed by atoms with E-state index in [-0.39, 0.29) is 5.91 Å². The average molecular weight is 254 g/mol. The molecule has 0 unspecified atom stereocenters. The molecule has 0 radical (unpaired) electrons. The number of unbranched alkanes of at least 4 members (excludes halogenated alkanes) is 3. The summed E-state index contributed by atoms with van der Waals surface area (Å²) in [6, 6.07) is 5.58. The number of anilines is 1. The van der Waals surface area contributed by atoms with Crippen molar-refractivity contribution < 1.29 is 4.79 Å². The Bertz CT molecular complexity index is 376. The van der Waals surface area contributed by atoms with E-state index < -0.39 is 0 Å². The van der Waals surface area contributed by atoms with E-state index >= 15 is 0 Å². The van der Waals surface area contributed by atoms with Crippen molar-refractivity contribution in [3.05, 3.63) is 28.8 Å². The van der Waals surface area contributed by atoms with E-state index in [4.69, 9.17) is 11.6 Å². The largest absolute Gasteiger partial charge is 0.326 e. The number of benzene rings is 1. The fourth-order valence-electron chi connectivity index (χ4n) is 1.61. The van der Waals surface area contributed by atoms with Gasteiger partial charge in [-0.15, -0.1) is 0 Å². The van der Waals surface area contributed by atoms with Crippen LogP contribution in [0.4, 0.5) is 5.69 Å². The molecule has 0 atom stereocenters. The number of amides is 1. The summed E-state index contributed by atoms with van der Waals surface area (Å²) >= 11 is 5.99. The summed E-state index contributed by atoms with van der Waals surface area (Å²) in [4.78, 5) is 11.6. The third kappa shape index (κ3) is 5.22. The molecule has 0 saturated carbocycles. The number of hydrogen-bond acceptors (Lipinski definition) is 1. The summed E-state index contributed by atoms with van der Waals surface area (Å²) in [7, 11) is 0. The molecular formula is C14H20ClNO. The van der Waals surface area contributed by atoms with Crippen LogP contribution in [-0.4, -0.2) is 5.91 Å². The standard InChI is InChI=1S/C14H20ClNO/c1-3-4-5-6-7-14(17)16-12-9-8-11(2)13(15)10-12/h8-10H,3-7H2,1-2H3,(H,16,17). The van der Waals surface area contributed by atoms with Crippen LogP contribution in [0.25, 0.3) is 0 Å². The molecule has 1 aromatic rings. The predicted molar refractivity (Wildman–Crippen MR) is 73.6 cm³/mol. The number of nitrogens with one attached hydrogen (secondary N) is 1. The zero-order valence-corrected chi connectivity index (χ0v) is 11.3. The van der Waals surface area contributed by atoms with Gasteiger partial charge in [-0.05, 0) is 31.0 Å². The first-order chi connectivity index (χ1) is 8.13. The van der Waals surface area contributed by atoms with Crippen molar-refractivity contribution in [3.8, 4) is 0 Å². The Kier molecular flexibility index (Phi) is 6.06. The zero-order valence-electron chi connectivity index (χ0n) is 10.6. The van der Waals surface area contributed by atoms with Gasteiger partial charge in [0.15, 0.2) is 0 Å². The Hall–Kier alpha value is -1.02. The van der Waals surface area contributed by atoms with E-state index in [1.807, 2.05) is 19.1 Å². The molecule has 3 heteroatoms. The van der Waals surface area contributed by atoms with Crippen molar-refractivity contribution in [1.82, 2.24) is 0 Å². The lowest BCUT2D eigenvalue weighted by atomic mass is 10.1. The van der Waals surface area contributed by atoms with Gasteiger partial charge in [-0.2, -0.15) is 0 Å². The Labute approximate surface area is 108 Å². The van der Waals surface area contributed by atoms with Gasteiger partial charge in [-0.1, -0.05) is 43.9 Å². The number of carbonyl (C=O) groups is 1. The predicted octanol–water partition coefficient (Wildman–Crippen LogP) is 4.56. The number of halogens is 1. The van der Waals surface area contributed by atoms with Crippen LogP contribution in [0.1, 0.15) is 44.6 Å². The second-order valence-corrected chi connectivity index (χ2v) is 4.73. The van der Waals surface area contributed by atoms with Crippen molar-refractivity contribution >= 4 is 23.2 Å². The van der Waals surface area contributed by atoms with Crippen molar-refractivity contribution in [2.24, 2.45) is 0 Å². The van der Waals surface area contributed by atoms with Gasteiger partial charge in [0, 0.05) is 17.1 Å². The van der Waals surface area contributed by atoms with E-state index in [9.17, 15) is 4.79 Å². The normalized spacial score (nSPS) is 10.3. The van der Waals surface area contributed by atoms with E-state index in [1.54, 1.807) is 6.07 Å².